The third-order valence-corrected chi connectivity index (χ3v) is 4.26. The van der Waals surface area contributed by atoms with Crippen molar-refractivity contribution in [3.05, 3.63) is 41.4 Å². The van der Waals surface area contributed by atoms with Gasteiger partial charge in [-0.25, -0.2) is 4.98 Å². The molecule has 3 rings (SSSR count). The Balaban J connectivity index is 1.46. The molecule has 1 aromatic carbocycles. The second-order valence-corrected chi connectivity index (χ2v) is 6.37. The summed E-state index contributed by atoms with van der Waals surface area (Å²) in [6.45, 7) is 0.547. The van der Waals surface area contributed by atoms with Crippen LogP contribution in [0.25, 0.3) is 11.3 Å². The van der Waals surface area contributed by atoms with Crippen molar-refractivity contribution < 1.29 is 9.21 Å². The van der Waals surface area contributed by atoms with E-state index in [0.717, 1.165) is 5.56 Å². The van der Waals surface area contributed by atoms with Crippen molar-refractivity contribution in [3.63, 3.8) is 0 Å². The van der Waals surface area contributed by atoms with E-state index in [2.05, 4.69) is 10.3 Å². The molecule has 23 heavy (non-hydrogen) atoms. The van der Waals surface area contributed by atoms with Gasteiger partial charge in [0.05, 0.1) is 6.20 Å². The summed E-state index contributed by atoms with van der Waals surface area (Å²) in [5.41, 5.74) is 6.87. The first-order chi connectivity index (χ1) is 11.1. The summed E-state index contributed by atoms with van der Waals surface area (Å²) in [4.78, 5) is 16.0. The molecular weight excluding hydrogens is 314 g/mol. The Kier molecular flexibility index (Phi) is 4.98. The first kappa shape index (κ1) is 16.0. The number of halogens is 1. The fourth-order valence-electron chi connectivity index (χ4n) is 2.41. The average molecular weight is 334 g/mol. The van der Waals surface area contributed by atoms with E-state index in [1.807, 2.05) is 12.1 Å². The molecule has 1 heterocycles. The van der Waals surface area contributed by atoms with Gasteiger partial charge in [-0.15, -0.1) is 0 Å². The molecule has 5 nitrogen and oxygen atoms in total. The Morgan fingerprint density at radius 1 is 1.39 bits per heavy atom. The number of rotatable bonds is 7. The van der Waals surface area contributed by atoms with Crippen LogP contribution in [0.2, 0.25) is 5.02 Å². The van der Waals surface area contributed by atoms with Crippen LogP contribution in [-0.4, -0.2) is 23.5 Å². The quantitative estimate of drug-likeness (QED) is 0.816. The van der Waals surface area contributed by atoms with Crippen molar-refractivity contribution in [2.24, 2.45) is 11.7 Å². The Morgan fingerprint density at radius 2 is 2.13 bits per heavy atom. The predicted molar refractivity (Wildman–Crippen MR) is 89.0 cm³/mol. The van der Waals surface area contributed by atoms with Gasteiger partial charge in [0.2, 0.25) is 5.91 Å². The van der Waals surface area contributed by atoms with Gasteiger partial charge >= 0.3 is 0 Å². The summed E-state index contributed by atoms with van der Waals surface area (Å²) in [6, 6.07) is 7.43. The van der Waals surface area contributed by atoms with E-state index in [-0.39, 0.29) is 11.9 Å². The highest BCUT2D eigenvalue weighted by molar-refractivity contribution is 6.30. The molecule has 1 atom stereocenters. The fraction of sp³-hybridized carbons (Fsp3) is 0.412. The summed E-state index contributed by atoms with van der Waals surface area (Å²) in [6.07, 6.45) is 4.84. The molecule has 0 radical (unpaired) electrons. The summed E-state index contributed by atoms with van der Waals surface area (Å²) in [7, 11) is 0. The number of aryl methyl sites for hydroxylation is 1. The van der Waals surface area contributed by atoms with Gasteiger partial charge in [-0.2, -0.15) is 0 Å². The van der Waals surface area contributed by atoms with Crippen molar-refractivity contribution in [2.45, 2.75) is 31.7 Å². The summed E-state index contributed by atoms with van der Waals surface area (Å²) < 4.78 is 5.67. The number of hydrogen-bond donors (Lipinski definition) is 2. The molecule has 1 saturated carbocycles. The number of oxazole rings is 1. The molecule has 1 aliphatic rings. The molecule has 0 aliphatic heterocycles. The maximum absolute atomic E-state index is 11.8. The number of nitrogens with zero attached hydrogens (tertiary/aromatic N) is 1. The lowest BCUT2D eigenvalue weighted by atomic mass is 10.2. The van der Waals surface area contributed by atoms with Crippen LogP contribution in [0.4, 0.5) is 0 Å². The Labute approximate surface area is 140 Å². The molecule has 1 unspecified atom stereocenters. The molecule has 1 amide bonds. The highest BCUT2D eigenvalue weighted by Crippen LogP contribution is 2.31. The van der Waals surface area contributed by atoms with E-state index in [0.29, 0.717) is 42.0 Å². The number of aromatic nitrogens is 1. The molecule has 122 valence electrons. The molecule has 1 aromatic heterocycles. The van der Waals surface area contributed by atoms with Crippen LogP contribution >= 0.6 is 11.6 Å². The van der Waals surface area contributed by atoms with E-state index in [4.69, 9.17) is 21.8 Å². The standard InChI is InChI=1S/C17H20ClN3O2/c18-13-5-3-12(4-6-13)15-10-21-17(23-15)8-7-16(22)20-9-14(19)11-1-2-11/h3-6,10-11,14H,1-2,7-9,19H2,(H,20,22). The van der Waals surface area contributed by atoms with E-state index in [1.165, 1.54) is 12.8 Å². The lowest BCUT2D eigenvalue weighted by Crippen LogP contribution is -2.38. The number of amides is 1. The molecule has 3 N–H and O–H groups in total. The van der Waals surface area contributed by atoms with E-state index in [1.54, 1.807) is 18.3 Å². The van der Waals surface area contributed by atoms with Crippen LogP contribution < -0.4 is 11.1 Å². The summed E-state index contributed by atoms with van der Waals surface area (Å²) in [5, 5.41) is 3.55. The Morgan fingerprint density at radius 3 is 2.83 bits per heavy atom. The van der Waals surface area contributed by atoms with Gasteiger partial charge in [-0.3, -0.25) is 4.79 Å². The number of benzene rings is 1. The highest BCUT2D eigenvalue weighted by Gasteiger charge is 2.28. The Hall–Kier alpha value is -1.85. The van der Waals surface area contributed by atoms with Crippen LogP contribution in [-0.2, 0) is 11.2 Å². The minimum Gasteiger partial charge on any atom is -0.441 e. The topological polar surface area (TPSA) is 81.1 Å². The van der Waals surface area contributed by atoms with Gasteiger partial charge in [0, 0.05) is 36.0 Å². The van der Waals surface area contributed by atoms with E-state index in [9.17, 15) is 4.79 Å². The van der Waals surface area contributed by atoms with Crippen molar-refractivity contribution in [3.8, 4) is 11.3 Å². The zero-order chi connectivity index (χ0) is 16.2. The second kappa shape index (κ2) is 7.15. The summed E-state index contributed by atoms with van der Waals surface area (Å²) >= 11 is 5.86. The first-order valence-electron chi connectivity index (χ1n) is 7.85. The monoisotopic (exact) mass is 333 g/mol. The van der Waals surface area contributed by atoms with Gasteiger partial charge in [-0.05, 0) is 43.0 Å². The van der Waals surface area contributed by atoms with Crippen molar-refractivity contribution >= 4 is 17.5 Å². The Bertz CT molecular complexity index is 665. The smallest absolute Gasteiger partial charge is 0.220 e. The van der Waals surface area contributed by atoms with Crippen molar-refractivity contribution in [1.82, 2.24) is 10.3 Å². The number of nitrogens with two attached hydrogens (primary N) is 1. The maximum Gasteiger partial charge on any atom is 0.220 e. The molecule has 0 bridgehead atoms. The molecule has 6 heteroatoms. The van der Waals surface area contributed by atoms with Gasteiger partial charge in [0.15, 0.2) is 11.7 Å². The third-order valence-electron chi connectivity index (χ3n) is 4.01. The lowest BCUT2D eigenvalue weighted by Gasteiger charge is -2.10. The molecule has 0 spiro atoms. The zero-order valence-corrected chi connectivity index (χ0v) is 13.6. The van der Waals surface area contributed by atoms with Crippen molar-refractivity contribution in [1.29, 1.82) is 0 Å². The predicted octanol–water partition coefficient (Wildman–Crippen LogP) is 2.78. The number of nitrogens with one attached hydrogen (secondary N) is 1. The van der Waals surface area contributed by atoms with Crippen LogP contribution in [0.15, 0.2) is 34.9 Å². The van der Waals surface area contributed by atoms with Gasteiger partial charge in [-0.1, -0.05) is 11.6 Å². The average Bonchev–Trinajstić information content (AvgIpc) is 3.30. The highest BCUT2D eigenvalue weighted by atomic mass is 35.5. The lowest BCUT2D eigenvalue weighted by molar-refractivity contribution is -0.121. The number of carbonyl (C=O) groups excluding carboxylic acids is 1. The van der Waals surface area contributed by atoms with Gasteiger partial charge < -0.3 is 15.5 Å². The van der Waals surface area contributed by atoms with Crippen LogP contribution in [0.5, 0.6) is 0 Å². The largest absolute Gasteiger partial charge is 0.441 e. The normalized spacial score (nSPS) is 15.4. The number of carbonyl (C=O) groups is 1. The molecule has 0 saturated heterocycles. The zero-order valence-electron chi connectivity index (χ0n) is 12.8. The third kappa shape index (κ3) is 4.56. The van der Waals surface area contributed by atoms with Crippen LogP contribution in [0.3, 0.4) is 0 Å². The van der Waals surface area contributed by atoms with Gasteiger partial charge in [0.25, 0.3) is 0 Å². The molecular formula is C17H20ClN3O2. The van der Waals surface area contributed by atoms with Gasteiger partial charge in [0.1, 0.15) is 0 Å². The maximum atomic E-state index is 11.8. The SMILES string of the molecule is NC(CNC(=O)CCc1ncc(-c2ccc(Cl)cc2)o1)C1CC1. The van der Waals surface area contributed by atoms with E-state index < -0.39 is 0 Å². The van der Waals surface area contributed by atoms with E-state index >= 15 is 0 Å². The van der Waals surface area contributed by atoms with Crippen LogP contribution in [0, 0.1) is 5.92 Å². The summed E-state index contributed by atoms with van der Waals surface area (Å²) in [5.74, 6) is 1.79. The first-order valence-corrected chi connectivity index (χ1v) is 8.22. The molecule has 1 aliphatic carbocycles. The second-order valence-electron chi connectivity index (χ2n) is 5.93. The molecule has 1 fully saturated rings. The fourth-order valence-corrected chi connectivity index (χ4v) is 2.53. The van der Waals surface area contributed by atoms with Crippen LogP contribution in [0.1, 0.15) is 25.2 Å². The van der Waals surface area contributed by atoms with Crippen molar-refractivity contribution in [2.75, 3.05) is 6.54 Å². The molecule has 2 aromatic rings. The number of hydrogen-bond acceptors (Lipinski definition) is 4. The minimum absolute atomic E-state index is 0.0210. The minimum atomic E-state index is -0.0210.